The normalized spacial score (nSPS) is 14.6. The maximum Gasteiger partial charge on any atom is 0.213 e. The van der Waals surface area contributed by atoms with Crippen molar-refractivity contribution in [1.82, 2.24) is 0 Å². The van der Waals surface area contributed by atoms with E-state index >= 15 is 0 Å². The highest BCUT2D eigenvalue weighted by atomic mass is 16.6. The molecule has 0 aliphatic heterocycles. The molecule has 0 aromatic rings. The van der Waals surface area contributed by atoms with Gasteiger partial charge in [0.1, 0.15) is 0 Å². The van der Waals surface area contributed by atoms with Gasteiger partial charge in [-0.2, -0.15) is 0 Å². The quantitative estimate of drug-likeness (QED) is 0.385. The Morgan fingerprint density at radius 3 is 2.54 bits per heavy atom. The van der Waals surface area contributed by atoms with Crippen LogP contribution < -0.4 is 0 Å². The topological polar surface area (TPSA) is 84.1 Å². The molecule has 5 heteroatoms. The van der Waals surface area contributed by atoms with Gasteiger partial charge in [-0.3, -0.25) is 14.9 Å². The second-order valence-electron chi connectivity index (χ2n) is 3.01. The molecule has 1 N–H and O–H groups in total. The molecule has 0 fully saturated rings. The van der Waals surface area contributed by atoms with E-state index in [-0.39, 0.29) is 23.0 Å². The number of nitrogens with zero attached hydrogens (tertiary/aromatic N) is 1. The molecule has 0 aliphatic carbocycles. The van der Waals surface area contributed by atoms with E-state index in [1.165, 1.54) is 6.92 Å². The van der Waals surface area contributed by atoms with Crippen molar-refractivity contribution in [3.63, 3.8) is 0 Å². The molecule has 0 aliphatic rings. The summed E-state index contributed by atoms with van der Waals surface area (Å²) in [7, 11) is 0. The predicted molar refractivity (Wildman–Crippen MR) is 48.6 cm³/mol. The molecule has 0 saturated heterocycles. The minimum Gasteiger partial charge on any atom is -0.305 e. The third kappa shape index (κ3) is 3.78. The summed E-state index contributed by atoms with van der Waals surface area (Å²) >= 11 is 0. The number of nitro groups is 1. The van der Waals surface area contributed by atoms with Crippen LogP contribution in [0.2, 0.25) is 0 Å². The Morgan fingerprint density at radius 2 is 2.23 bits per heavy atom. The van der Waals surface area contributed by atoms with Crippen LogP contribution in [0.5, 0.6) is 0 Å². The average Bonchev–Trinajstić information content (AvgIpc) is 2.12. The maximum atomic E-state index is 10.8. The highest BCUT2D eigenvalue weighted by molar-refractivity contribution is 6.26. The Labute approximate surface area is 76.8 Å². The number of rotatable bonds is 6. The predicted octanol–water partition coefficient (Wildman–Crippen LogP) is 1.29. The van der Waals surface area contributed by atoms with Crippen molar-refractivity contribution in [2.75, 3.05) is 0 Å². The van der Waals surface area contributed by atoms with Crippen LogP contribution in [0, 0.1) is 21.4 Å². The Bertz CT molecular complexity index is 215. The summed E-state index contributed by atoms with van der Waals surface area (Å²) in [4.78, 5) is 20.9. The molecule has 0 aromatic carbocycles. The molecule has 0 aromatic heterocycles. The number of hydrogen-bond acceptors (Lipinski definition) is 4. The van der Waals surface area contributed by atoms with Gasteiger partial charge in [-0.05, 0) is 6.42 Å². The van der Waals surface area contributed by atoms with E-state index in [0.717, 1.165) is 6.21 Å². The Morgan fingerprint density at radius 1 is 1.69 bits per heavy atom. The van der Waals surface area contributed by atoms with Gasteiger partial charge in [-0.1, -0.05) is 6.92 Å². The minimum atomic E-state index is -0.714. The molecule has 2 unspecified atom stereocenters. The SMILES string of the molecule is CCC(CC(=O)C=N)C(C)[N+](=O)[O-]. The van der Waals surface area contributed by atoms with E-state index in [0.29, 0.717) is 6.42 Å². The van der Waals surface area contributed by atoms with Crippen LogP contribution in [0.15, 0.2) is 0 Å². The fraction of sp³-hybridized carbons (Fsp3) is 0.750. The lowest BCUT2D eigenvalue weighted by Crippen LogP contribution is -2.27. The zero-order chi connectivity index (χ0) is 10.4. The maximum absolute atomic E-state index is 10.8. The molecule has 0 saturated carbocycles. The van der Waals surface area contributed by atoms with E-state index < -0.39 is 6.04 Å². The van der Waals surface area contributed by atoms with Crippen molar-refractivity contribution in [2.24, 2.45) is 5.92 Å². The zero-order valence-electron chi connectivity index (χ0n) is 7.82. The van der Waals surface area contributed by atoms with Crippen molar-refractivity contribution >= 4 is 12.0 Å². The van der Waals surface area contributed by atoms with Crippen LogP contribution in [0.25, 0.3) is 0 Å². The standard InChI is InChI=1S/C8H14N2O3/c1-3-7(4-8(11)5-9)6(2)10(12)13/h5-7,9H,3-4H2,1-2H3. The number of nitrogens with one attached hydrogen (secondary N) is 1. The molecule has 0 spiro atoms. The molecule has 74 valence electrons. The Kier molecular flexibility index (Phi) is 4.87. The van der Waals surface area contributed by atoms with Crippen LogP contribution in [0.4, 0.5) is 0 Å². The summed E-state index contributed by atoms with van der Waals surface area (Å²) in [6, 6.07) is -0.714. The molecule has 2 atom stereocenters. The molecule has 0 bridgehead atoms. The van der Waals surface area contributed by atoms with Gasteiger partial charge in [-0.15, -0.1) is 0 Å². The molecule has 0 heterocycles. The number of carbonyl (C=O) groups excluding carboxylic acids is 1. The van der Waals surface area contributed by atoms with E-state index in [2.05, 4.69) is 0 Å². The molecule has 0 amide bonds. The summed E-state index contributed by atoms with van der Waals surface area (Å²) in [5.74, 6) is -0.607. The van der Waals surface area contributed by atoms with Crippen molar-refractivity contribution < 1.29 is 9.72 Å². The molecule has 0 radical (unpaired) electrons. The van der Waals surface area contributed by atoms with E-state index in [1.54, 1.807) is 0 Å². The summed E-state index contributed by atoms with van der Waals surface area (Å²) in [6.45, 7) is 3.30. The van der Waals surface area contributed by atoms with Crippen LogP contribution in [-0.4, -0.2) is 23.0 Å². The van der Waals surface area contributed by atoms with Gasteiger partial charge in [0.2, 0.25) is 6.04 Å². The lowest BCUT2D eigenvalue weighted by Gasteiger charge is -2.13. The van der Waals surface area contributed by atoms with Crippen LogP contribution in [0.3, 0.4) is 0 Å². The fourth-order valence-corrected chi connectivity index (χ4v) is 1.15. The zero-order valence-corrected chi connectivity index (χ0v) is 7.82. The summed E-state index contributed by atoms with van der Waals surface area (Å²) in [6.07, 6.45) is 1.40. The first-order valence-electron chi connectivity index (χ1n) is 4.19. The smallest absolute Gasteiger partial charge is 0.213 e. The monoisotopic (exact) mass is 186 g/mol. The first-order chi connectivity index (χ1) is 6.02. The molecule has 5 nitrogen and oxygen atoms in total. The molecule has 0 rings (SSSR count). The molecular formula is C8H14N2O3. The van der Waals surface area contributed by atoms with Crippen LogP contribution in [0.1, 0.15) is 26.7 Å². The van der Waals surface area contributed by atoms with Gasteiger partial charge >= 0.3 is 0 Å². The molecule has 13 heavy (non-hydrogen) atoms. The third-order valence-electron chi connectivity index (χ3n) is 2.16. The first kappa shape index (κ1) is 11.7. The minimum absolute atomic E-state index is 0.0994. The van der Waals surface area contributed by atoms with E-state index in [1.807, 2.05) is 6.92 Å². The first-order valence-corrected chi connectivity index (χ1v) is 4.19. The average molecular weight is 186 g/mol. The fourth-order valence-electron chi connectivity index (χ4n) is 1.15. The highest BCUT2D eigenvalue weighted by Crippen LogP contribution is 2.15. The lowest BCUT2D eigenvalue weighted by molar-refractivity contribution is -0.527. The van der Waals surface area contributed by atoms with Gasteiger partial charge in [-0.25, -0.2) is 0 Å². The molecular weight excluding hydrogens is 172 g/mol. The Balaban J connectivity index is 4.25. The highest BCUT2D eigenvalue weighted by Gasteiger charge is 2.26. The van der Waals surface area contributed by atoms with Crippen molar-refractivity contribution in [3.8, 4) is 0 Å². The largest absolute Gasteiger partial charge is 0.305 e. The van der Waals surface area contributed by atoms with E-state index in [9.17, 15) is 14.9 Å². The van der Waals surface area contributed by atoms with Gasteiger partial charge in [0.25, 0.3) is 0 Å². The van der Waals surface area contributed by atoms with Crippen molar-refractivity contribution in [3.05, 3.63) is 10.1 Å². The van der Waals surface area contributed by atoms with Crippen LogP contribution in [-0.2, 0) is 4.79 Å². The number of carbonyl (C=O) groups is 1. The lowest BCUT2D eigenvalue weighted by atomic mass is 9.93. The van der Waals surface area contributed by atoms with Crippen molar-refractivity contribution in [1.29, 1.82) is 5.41 Å². The van der Waals surface area contributed by atoms with Crippen LogP contribution >= 0.6 is 0 Å². The summed E-state index contributed by atoms with van der Waals surface area (Å²) in [5.41, 5.74) is 0. The summed E-state index contributed by atoms with van der Waals surface area (Å²) in [5, 5.41) is 17.1. The second kappa shape index (κ2) is 5.40. The van der Waals surface area contributed by atoms with Gasteiger partial charge in [0.05, 0.1) is 6.21 Å². The second-order valence-corrected chi connectivity index (χ2v) is 3.01. The Hall–Kier alpha value is -1.26. The van der Waals surface area contributed by atoms with E-state index in [4.69, 9.17) is 5.41 Å². The number of hydrogen-bond donors (Lipinski definition) is 1. The summed E-state index contributed by atoms with van der Waals surface area (Å²) < 4.78 is 0. The number of Topliss-reactive ketones (excluding diaryl/α,β-unsaturated/α-hetero) is 1. The van der Waals surface area contributed by atoms with Gasteiger partial charge < -0.3 is 5.41 Å². The van der Waals surface area contributed by atoms with Crippen molar-refractivity contribution in [2.45, 2.75) is 32.7 Å². The van der Waals surface area contributed by atoms with Gasteiger partial charge in [0.15, 0.2) is 5.78 Å². The number of ketones is 1. The van der Waals surface area contributed by atoms with Gasteiger partial charge in [0, 0.05) is 24.2 Å². The third-order valence-corrected chi connectivity index (χ3v) is 2.16.